The predicted octanol–water partition coefficient (Wildman–Crippen LogP) is -2.42. The van der Waals surface area contributed by atoms with Gasteiger partial charge in [-0.1, -0.05) is 0 Å². The molecule has 2 saturated heterocycles. The van der Waals surface area contributed by atoms with Crippen LogP contribution in [0.15, 0.2) is 11.8 Å². The molecule has 2 fully saturated rings. The highest BCUT2D eigenvalue weighted by molar-refractivity contribution is 5.88. The van der Waals surface area contributed by atoms with Crippen molar-refractivity contribution in [2.24, 2.45) is 11.8 Å². The van der Waals surface area contributed by atoms with Gasteiger partial charge >= 0.3 is 5.97 Å². The summed E-state index contributed by atoms with van der Waals surface area (Å²) in [6.07, 6.45) is -8.71. The van der Waals surface area contributed by atoms with E-state index in [2.05, 4.69) is 0 Å². The zero-order valence-corrected chi connectivity index (χ0v) is 15.5. The monoisotopic (exact) mass is 406 g/mol. The second-order valence-corrected chi connectivity index (χ2v) is 7.12. The molecule has 0 saturated carbocycles. The maximum Gasteiger partial charge on any atom is 0.337 e. The molecule has 0 amide bonds. The number of aliphatic hydroxyl groups excluding tert-OH is 5. The number of esters is 1. The summed E-state index contributed by atoms with van der Waals surface area (Å²) in [6.45, 7) is 1.08. The number of carbonyl (C=O) groups excluding carboxylic acids is 1. The first-order valence-corrected chi connectivity index (χ1v) is 9.01. The SMILES string of the molecule is COC(=O)C1=CO[C@@H](O[C@@H]2O[C@H](CO)[C@@H](O)[C@H](O)[C@@H]2O)[C@@H]2[C@H](C)O[C@H](O)C[C@H]12. The fourth-order valence-corrected chi connectivity index (χ4v) is 3.91. The van der Waals surface area contributed by atoms with Crippen molar-refractivity contribution in [2.45, 2.75) is 62.7 Å². The molecule has 0 aromatic rings. The summed E-state index contributed by atoms with van der Waals surface area (Å²) in [6, 6.07) is 0. The number of aliphatic hydroxyl groups is 5. The van der Waals surface area contributed by atoms with Gasteiger partial charge in [-0.05, 0) is 6.92 Å². The third-order valence-corrected chi connectivity index (χ3v) is 5.41. The van der Waals surface area contributed by atoms with Crippen molar-refractivity contribution in [3.8, 4) is 0 Å². The predicted molar refractivity (Wildman–Crippen MR) is 88.0 cm³/mol. The first-order valence-electron chi connectivity index (χ1n) is 9.01. The van der Waals surface area contributed by atoms with E-state index in [4.69, 9.17) is 23.7 Å². The summed E-state index contributed by atoms with van der Waals surface area (Å²) in [7, 11) is 1.23. The quantitative estimate of drug-likeness (QED) is 0.315. The van der Waals surface area contributed by atoms with E-state index in [1.54, 1.807) is 6.92 Å². The van der Waals surface area contributed by atoms with Gasteiger partial charge in [0, 0.05) is 12.3 Å². The Morgan fingerprint density at radius 2 is 1.86 bits per heavy atom. The van der Waals surface area contributed by atoms with E-state index in [9.17, 15) is 30.3 Å². The molecule has 0 aromatic carbocycles. The van der Waals surface area contributed by atoms with Gasteiger partial charge in [-0.3, -0.25) is 0 Å². The summed E-state index contributed by atoms with van der Waals surface area (Å²) in [4.78, 5) is 12.1. The van der Waals surface area contributed by atoms with E-state index < -0.39 is 73.8 Å². The van der Waals surface area contributed by atoms with E-state index in [1.807, 2.05) is 0 Å². The van der Waals surface area contributed by atoms with Crippen LogP contribution in [-0.4, -0.2) is 94.6 Å². The van der Waals surface area contributed by atoms with Crippen LogP contribution in [0.3, 0.4) is 0 Å². The van der Waals surface area contributed by atoms with Gasteiger partial charge in [-0.25, -0.2) is 4.79 Å². The van der Waals surface area contributed by atoms with Gasteiger partial charge in [0.2, 0.25) is 6.29 Å². The standard InChI is InChI=1S/C17H26O11/c1-6-11-7(3-10(19)26-6)8(15(23)24-2)5-25-16(11)28-17-14(22)13(21)12(20)9(4-18)27-17/h5-7,9-14,16-22H,3-4H2,1-2H3/t6-,7+,9+,10-,11+,12+,13-,14-,16-,17-/m0/s1. The Morgan fingerprint density at radius 1 is 1.14 bits per heavy atom. The molecule has 3 heterocycles. The van der Waals surface area contributed by atoms with Crippen molar-refractivity contribution >= 4 is 5.97 Å². The average Bonchev–Trinajstić information content (AvgIpc) is 2.67. The Hall–Kier alpha value is -1.31. The Labute approximate surface area is 161 Å². The summed E-state index contributed by atoms with van der Waals surface area (Å²) in [5.41, 5.74) is 0.218. The zero-order chi connectivity index (χ0) is 20.6. The van der Waals surface area contributed by atoms with Crippen LogP contribution in [0, 0.1) is 11.8 Å². The zero-order valence-electron chi connectivity index (χ0n) is 15.5. The topological polar surface area (TPSA) is 164 Å². The Bertz CT molecular complexity index is 594. The highest BCUT2D eigenvalue weighted by atomic mass is 16.8. The molecule has 0 aliphatic carbocycles. The number of rotatable bonds is 4. The number of hydrogen-bond donors (Lipinski definition) is 5. The van der Waals surface area contributed by atoms with Gasteiger partial charge in [0.25, 0.3) is 0 Å². The lowest BCUT2D eigenvalue weighted by molar-refractivity contribution is -0.352. The molecular formula is C17H26O11. The van der Waals surface area contributed by atoms with Gasteiger partial charge < -0.3 is 49.2 Å². The lowest BCUT2D eigenvalue weighted by Crippen LogP contribution is -2.61. The van der Waals surface area contributed by atoms with Crippen LogP contribution in [-0.2, 0) is 28.5 Å². The maximum atomic E-state index is 12.1. The molecule has 28 heavy (non-hydrogen) atoms. The smallest absolute Gasteiger partial charge is 0.337 e. The van der Waals surface area contributed by atoms with Crippen molar-refractivity contribution in [3.05, 3.63) is 11.8 Å². The molecule has 10 atom stereocenters. The Morgan fingerprint density at radius 3 is 2.50 bits per heavy atom. The number of hydrogen-bond acceptors (Lipinski definition) is 11. The van der Waals surface area contributed by atoms with E-state index in [0.717, 1.165) is 0 Å². The molecule has 0 aromatic heterocycles. The molecule has 160 valence electrons. The van der Waals surface area contributed by atoms with Gasteiger partial charge in [0.15, 0.2) is 12.6 Å². The first-order chi connectivity index (χ1) is 13.3. The van der Waals surface area contributed by atoms with E-state index >= 15 is 0 Å². The second-order valence-electron chi connectivity index (χ2n) is 7.12. The molecule has 0 bridgehead atoms. The van der Waals surface area contributed by atoms with Gasteiger partial charge in [-0.15, -0.1) is 0 Å². The summed E-state index contributed by atoms with van der Waals surface area (Å²) >= 11 is 0. The molecule has 3 rings (SSSR count). The summed E-state index contributed by atoms with van der Waals surface area (Å²) in [5, 5.41) is 49.2. The largest absolute Gasteiger partial charge is 0.471 e. The Balaban J connectivity index is 1.81. The van der Waals surface area contributed by atoms with E-state index in [0.29, 0.717) is 0 Å². The minimum absolute atomic E-state index is 0.105. The Kier molecular flexibility index (Phi) is 6.57. The van der Waals surface area contributed by atoms with Crippen LogP contribution in [0.4, 0.5) is 0 Å². The number of fused-ring (bicyclic) bond motifs is 1. The number of carbonyl (C=O) groups is 1. The first kappa shape index (κ1) is 21.4. The van der Waals surface area contributed by atoms with Crippen molar-refractivity contribution < 1.29 is 54.0 Å². The van der Waals surface area contributed by atoms with Crippen LogP contribution >= 0.6 is 0 Å². The van der Waals surface area contributed by atoms with Crippen molar-refractivity contribution in [1.82, 2.24) is 0 Å². The second kappa shape index (κ2) is 8.59. The van der Waals surface area contributed by atoms with Crippen LogP contribution in [0.1, 0.15) is 13.3 Å². The molecule has 0 spiro atoms. The lowest BCUT2D eigenvalue weighted by atomic mass is 9.77. The van der Waals surface area contributed by atoms with Crippen LogP contribution in [0.5, 0.6) is 0 Å². The van der Waals surface area contributed by atoms with Crippen molar-refractivity contribution in [3.63, 3.8) is 0 Å². The van der Waals surface area contributed by atoms with Gasteiger partial charge in [0.1, 0.15) is 24.4 Å². The van der Waals surface area contributed by atoms with Gasteiger partial charge in [-0.2, -0.15) is 0 Å². The molecule has 0 unspecified atom stereocenters. The normalized spacial score (nSPS) is 46.2. The molecular weight excluding hydrogens is 380 g/mol. The van der Waals surface area contributed by atoms with Crippen LogP contribution < -0.4 is 0 Å². The minimum Gasteiger partial charge on any atom is -0.471 e. The third-order valence-electron chi connectivity index (χ3n) is 5.41. The number of ether oxygens (including phenoxy) is 5. The maximum absolute atomic E-state index is 12.1. The van der Waals surface area contributed by atoms with Crippen LogP contribution in [0.2, 0.25) is 0 Å². The molecule has 3 aliphatic heterocycles. The summed E-state index contributed by atoms with van der Waals surface area (Å²) < 4.78 is 26.8. The van der Waals surface area contributed by atoms with Crippen LogP contribution in [0.25, 0.3) is 0 Å². The lowest BCUT2D eigenvalue weighted by Gasteiger charge is -2.47. The molecule has 3 aliphatic rings. The van der Waals surface area contributed by atoms with Crippen molar-refractivity contribution in [1.29, 1.82) is 0 Å². The van der Waals surface area contributed by atoms with E-state index in [1.165, 1.54) is 13.4 Å². The fourth-order valence-electron chi connectivity index (χ4n) is 3.91. The van der Waals surface area contributed by atoms with Crippen molar-refractivity contribution in [2.75, 3.05) is 13.7 Å². The number of methoxy groups -OCH3 is 1. The molecule has 0 radical (unpaired) electrons. The molecule has 11 heteroatoms. The van der Waals surface area contributed by atoms with E-state index in [-0.39, 0.29) is 12.0 Å². The molecule has 11 nitrogen and oxygen atoms in total. The highest BCUT2D eigenvalue weighted by Crippen LogP contribution is 2.42. The minimum atomic E-state index is -1.60. The summed E-state index contributed by atoms with van der Waals surface area (Å²) in [5.74, 6) is -1.67. The third kappa shape index (κ3) is 3.89. The highest BCUT2D eigenvalue weighted by Gasteiger charge is 2.51. The molecule has 5 N–H and O–H groups in total. The van der Waals surface area contributed by atoms with Gasteiger partial charge in [0.05, 0.1) is 37.6 Å². The fraction of sp³-hybridized carbons (Fsp3) is 0.824. The average molecular weight is 406 g/mol.